The van der Waals surface area contributed by atoms with Crippen LogP contribution < -0.4 is 4.74 Å². The van der Waals surface area contributed by atoms with Crippen LogP contribution in [0.3, 0.4) is 0 Å². The second-order valence-corrected chi connectivity index (χ2v) is 6.90. The predicted molar refractivity (Wildman–Crippen MR) is 103 cm³/mol. The number of hydrogen-bond donors (Lipinski definition) is 1. The van der Waals surface area contributed by atoms with Crippen molar-refractivity contribution in [1.82, 2.24) is 15.0 Å². The number of aliphatic carboxylic acids is 1. The minimum absolute atomic E-state index is 0.609. The van der Waals surface area contributed by atoms with Gasteiger partial charge in [0.1, 0.15) is 5.75 Å². The highest BCUT2D eigenvalue weighted by molar-refractivity contribution is 5.80. The molecular weight excluding hydrogens is 342 g/mol. The summed E-state index contributed by atoms with van der Waals surface area (Å²) < 4.78 is 7.54. The Morgan fingerprint density at radius 3 is 2.26 bits per heavy atom. The third-order valence-corrected chi connectivity index (χ3v) is 4.60. The number of hydrogen-bond acceptors (Lipinski definition) is 4. The lowest BCUT2D eigenvalue weighted by Crippen LogP contribution is -2.28. The van der Waals surface area contributed by atoms with Gasteiger partial charge >= 0.3 is 5.97 Å². The number of aromatic nitrogens is 3. The van der Waals surface area contributed by atoms with Gasteiger partial charge in [0.25, 0.3) is 0 Å². The minimum Gasteiger partial charge on any atom is -0.494 e. The number of carboxylic acid groups (broad SMARTS) is 1. The molecule has 3 aromatic rings. The maximum absolute atomic E-state index is 11.4. The summed E-state index contributed by atoms with van der Waals surface area (Å²) in [7, 11) is 0. The average molecular weight is 365 g/mol. The van der Waals surface area contributed by atoms with Gasteiger partial charge in [-0.2, -0.15) is 0 Å². The Hall–Kier alpha value is -3.15. The lowest BCUT2D eigenvalue weighted by Gasteiger charge is -2.19. The monoisotopic (exact) mass is 365 g/mol. The first-order valence-corrected chi connectivity index (χ1v) is 8.88. The van der Waals surface area contributed by atoms with Crippen LogP contribution >= 0.6 is 0 Å². The zero-order chi connectivity index (χ0) is 19.3. The number of aryl methyl sites for hydroxylation is 1. The highest BCUT2D eigenvalue weighted by atomic mass is 16.5. The number of ether oxygens (including phenoxy) is 1. The molecule has 2 aromatic carbocycles. The molecule has 0 unspecified atom stereocenters. The number of rotatable bonds is 8. The van der Waals surface area contributed by atoms with Crippen LogP contribution in [-0.4, -0.2) is 32.7 Å². The van der Waals surface area contributed by atoms with Crippen LogP contribution in [0.4, 0.5) is 0 Å². The van der Waals surface area contributed by atoms with Gasteiger partial charge in [0.15, 0.2) is 0 Å². The molecular formula is C21H23N3O3. The second kappa shape index (κ2) is 8.03. The van der Waals surface area contributed by atoms with Crippen LogP contribution in [0.5, 0.6) is 5.75 Å². The molecule has 3 rings (SSSR count). The number of benzene rings is 2. The standard InChI is InChI=1S/C21H23N3O3/c1-21(2,20(25)26)18-8-4-16(5-9-18)17-6-10-19(11-7-17)27-15-3-13-24-14-12-22-23-24/h4-12,14H,3,13,15H2,1-2H3,(H,25,26). The molecule has 6 nitrogen and oxygen atoms in total. The molecule has 0 fully saturated rings. The van der Waals surface area contributed by atoms with Crippen LogP contribution in [-0.2, 0) is 16.8 Å². The molecule has 0 bridgehead atoms. The zero-order valence-electron chi connectivity index (χ0n) is 15.5. The van der Waals surface area contributed by atoms with Gasteiger partial charge in [-0.05, 0) is 42.7 Å². The maximum atomic E-state index is 11.4. The lowest BCUT2D eigenvalue weighted by molar-refractivity contribution is -0.142. The summed E-state index contributed by atoms with van der Waals surface area (Å²) in [4.78, 5) is 11.4. The molecule has 0 aliphatic rings. The summed E-state index contributed by atoms with van der Waals surface area (Å²) in [6.45, 7) is 4.80. The van der Waals surface area contributed by atoms with Gasteiger partial charge in [0.05, 0.1) is 18.2 Å². The Bertz CT molecular complexity index is 870. The van der Waals surface area contributed by atoms with E-state index in [0.717, 1.165) is 35.4 Å². The van der Waals surface area contributed by atoms with Crippen molar-refractivity contribution in [1.29, 1.82) is 0 Å². The smallest absolute Gasteiger partial charge is 0.313 e. The Balaban J connectivity index is 1.57. The molecule has 0 atom stereocenters. The third kappa shape index (κ3) is 4.53. The topological polar surface area (TPSA) is 77.2 Å². The van der Waals surface area contributed by atoms with Gasteiger partial charge in [-0.25, -0.2) is 0 Å². The third-order valence-electron chi connectivity index (χ3n) is 4.60. The van der Waals surface area contributed by atoms with E-state index in [1.807, 2.05) is 54.7 Å². The fourth-order valence-corrected chi connectivity index (χ4v) is 2.71. The molecule has 0 saturated carbocycles. The summed E-state index contributed by atoms with van der Waals surface area (Å²) in [6, 6.07) is 15.5. The fraction of sp³-hybridized carbons (Fsp3) is 0.286. The SMILES string of the molecule is CC(C)(C(=O)O)c1ccc(-c2ccc(OCCCn3ccnn3)cc2)cc1. The van der Waals surface area contributed by atoms with E-state index in [1.54, 1.807) is 24.7 Å². The van der Waals surface area contributed by atoms with Crippen LogP contribution in [0, 0.1) is 0 Å². The molecule has 0 saturated heterocycles. The van der Waals surface area contributed by atoms with Crippen LogP contribution in [0.15, 0.2) is 60.9 Å². The highest BCUT2D eigenvalue weighted by Crippen LogP contribution is 2.28. The number of nitrogens with zero attached hydrogens (tertiary/aromatic N) is 3. The largest absolute Gasteiger partial charge is 0.494 e. The first-order valence-electron chi connectivity index (χ1n) is 8.88. The van der Waals surface area contributed by atoms with E-state index in [1.165, 1.54) is 0 Å². The molecule has 0 radical (unpaired) electrons. The summed E-state index contributed by atoms with van der Waals surface area (Å²) >= 11 is 0. The first-order chi connectivity index (χ1) is 13.0. The van der Waals surface area contributed by atoms with Crippen molar-refractivity contribution in [2.45, 2.75) is 32.2 Å². The van der Waals surface area contributed by atoms with Crippen molar-refractivity contribution in [3.05, 3.63) is 66.5 Å². The van der Waals surface area contributed by atoms with Crippen molar-refractivity contribution in [2.24, 2.45) is 0 Å². The average Bonchev–Trinajstić information content (AvgIpc) is 3.19. The van der Waals surface area contributed by atoms with Gasteiger partial charge in [0.2, 0.25) is 0 Å². The summed E-state index contributed by atoms with van der Waals surface area (Å²) in [5.74, 6) is -0.0125. The van der Waals surface area contributed by atoms with Crippen molar-refractivity contribution < 1.29 is 14.6 Å². The Kier molecular flexibility index (Phi) is 5.54. The first kappa shape index (κ1) is 18.6. The summed E-state index contributed by atoms with van der Waals surface area (Å²) in [5, 5.41) is 17.0. The van der Waals surface area contributed by atoms with Crippen LogP contribution in [0.2, 0.25) is 0 Å². The molecule has 0 amide bonds. The van der Waals surface area contributed by atoms with Gasteiger partial charge in [-0.3, -0.25) is 9.48 Å². The quantitative estimate of drug-likeness (QED) is 0.615. The predicted octanol–water partition coefficient (Wildman–Crippen LogP) is 3.78. The molecule has 140 valence electrons. The molecule has 1 aromatic heterocycles. The maximum Gasteiger partial charge on any atom is 0.313 e. The molecule has 0 aliphatic carbocycles. The Labute approximate surface area is 158 Å². The van der Waals surface area contributed by atoms with E-state index in [9.17, 15) is 9.90 Å². The molecule has 1 heterocycles. The Morgan fingerprint density at radius 2 is 1.70 bits per heavy atom. The highest BCUT2D eigenvalue weighted by Gasteiger charge is 2.29. The molecule has 6 heteroatoms. The van der Waals surface area contributed by atoms with Gasteiger partial charge in [-0.15, -0.1) is 5.10 Å². The zero-order valence-corrected chi connectivity index (χ0v) is 15.5. The minimum atomic E-state index is -0.900. The van der Waals surface area contributed by atoms with E-state index >= 15 is 0 Å². The molecule has 0 spiro atoms. The van der Waals surface area contributed by atoms with Gasteiger partial charge in [0, 0.05) is 19.2 Å². The van der Waals surface area contributed by atoms with E-state index < -0.39 is 11.4 Å². The molecule has 0 aliphatic heterocycles. The molecule has 27 heavy (non-hydrogen) atoms. The van der Waals surface area contributed by atoms with Crippen LogP contribution in [0.1, 0.15) is 25.8 Å². The lowest BCUT2D eigenvalue weighted by atomic mass is 9.84. The van der Waals surface area contributed by atoms with Gasteiger partial charge < -0.3 is 9.84 Å². The number of carboxylic acids is 1. The molecule has 1 N–H and O–H groups in total. The van der Waals surface area contributed by atoms with Crippen molar-refractivity contribution >= 4 is 5.97 Å². The Morgan fingerprint density at radius 1 is 1.07 bits per heavy atom. The fourth-order valence-electron chi connectivity index (χ4n) is 2.71. The van der Waals surface area contributed by atoms with E-state index in [2.05, 4.69) is 10.3 Å². The van der Waals surface area contributed by atoms with E-state index in [4.69, 9.17) is 4.74 Å². The van der Waals surface area contributed by atoms with Crippen molar-refractivity contribution in [3.8, 4) is 16.9 Å². The second-order valence-electron chi connectivity index (χ2n) is 6.90. The number of carbonyl (C=O) groups is 1. The summed E-state index contributed by atoms with van der Waals surface area (Å²) in [5.41, 5.74) is 1.98. The van der Waals surface area contributed by atoms with Crippen molar-refractivity contribution in [3.63, 3.8) is 0 Å². The summed E-state index contributed by atoms with van der Waals surface area (Å²) in [6.07, 6.45) is 4.35. The van der Waals surface area contributed by atoms with Crippen LogP contribution in [0.25, 0.3) is 11.1 Å². The normalized spacial score (nSPS) is 11.3. The van der Waals surface area contributed by atoms with E-state index in [0.29, 0.717) is 6.61 Å². The van der Waals surface area contributed by atoms with E-state index in [-0.39, 0.29) is 0 Å². The van der Waals surface area contributed by atoms with Gasteiger partial charge in [-0.1, -0.05) is 41.6 Å². The van der Waals surface area contributed by atoms with Crippen molar-refractivity contribution in [2.75, 3.05) is 6.61 Å².